The van der Waals surface area contributed by atoms with E-state index in [9.17, 15) is 39.5 Å². The van der Waals surface area contributed by atoms with Crippen LogP contribution in [0.5, 0.6) is 0 Å². The van der Waals surface area contributed by atoms with Gasteiger partial charge in [-0.1, -0.05) is 27.7 Å². The Bertz CT molecular complexity index is 460. The van der Waals surface area contributed by atoms with Gasteiger partial charge in [0.2, 0.25) is 0 Å². The van der Waals surface area contributed by atoms with Gasteiger partial charge in [0.1, 0.15) is 0 Å². The number of hydrogen-bond acceptors (Lipinski definition) is 2. The lowest BCUT2D eigenvalue weighted by Gasteiger charge is -2.53. The Balaban J connectivity index is 3.53. The van der Waals surface area contributed by atoms with Crippen LogP contribution in [-0.2, 0) is 4.74 Å². The van der Waals surface area contributed by atoms with Crippen molar-refractivity contribution in [3.05, 3.63) is 0 Å². The molecule has 1 heterocycles. The summed E-state index contributed by atoms with van der Waals surface area (Å²) in [5.41, 5.74) is -8.05. The van der Waals surface area contributed by atoms with Crippen molar-refractivity contribution in [2.45, 2.75) is 108 Å². The van der Waals surface area contributed by atoms with Crippen LogP contribution in [0.25, 0.3) is 0 Å². The molecule has 1 aliphatic heterocycles. The molecule has 1 rings (SSSR count). The third-order valence-electron chi connectivity index (χ3n) is 6.02. The lowest BCUT2D eigenvalue weighted by molar-refractivity contribution is -0.466. The average Bonchev–Trinajstić information content (AvgIpc) is 2.55. The van der Waals surface area contributed by atoms with Gasteiger partial charge in [0.05, 0.1) is 6.10 Å². The molecule has 0 radical (unpaired) electrons. The van der Waals surface area contributed by atoms with Gasteiger partial charge in [-0.3, -0.25) is 0 Å². The summed E-state index contributed by atoms with van der Waals surface area (Å²) < 4.78 is 123. The second kappa shape index (κ2) is 7.85. The molecule has 1 saturated heterocycles. The van der Waals surface area contributed by atoms with Gasteiger partial charge >= 0.3 is 24.1 Å². The molecule has 0 amide bonds. The van der Waals surface area contributed by atoms with E-state index in [1.165, 1.54) is 0 Å². The number of ether oxygens (including phenoxy) is 1. The summed E-state index contributed by atoms with van der Waals surface area (Å²) in [6, 6.07) is 0. The number of piperidine rings is 1. The van der Waals surface area contributed by atoms with Gasteiger partial charge < -0.3 is 10.1 Å². The topological polar surface area (TPSA) is 21.3 Å². The number of nitrogens with one attached hydrogen (secondary N) is 1. The van der Waals surface area contributed by atoms with Crippen molar-refractivity contribution in [1.82, 2.24) is 5.32 Å². The predicted molar refractivity (Wildman–Crippen MR) is 84.8 cm³/mol. The predicted octanol–water partition coefficient (Wildman–Crippen LogP) is 6.30. The molecule has 11 heteroatoms. The van der Waals surface area contributed by atoms with Crippen molar-refractivity contribution in [1.29, 1.82) is 0 Å². The Kier molecular flexibility index (Phi) is 7.10. The normalized spacial score (nSPS) is 21.8. The Labute approximate surface area is 158 Å². The van der Waals surface area contributed by atoms with Gasteiger partial charge in [-0.05, 0) is 38.5 Å². The van der Waals surface area contributed by atoms with E-state index in [1.54, 1.807) is 27.7 Å². The van der Waals surface area contributed by atoms with Crippen LogP contribution >= 0.6 is 0 Å². The number of halogens is 9. The maximum Gasteiger partial charge on any atom is 0.435 e. The van der Waals surface area contributed by atoms with Crippen molar-refractivity contribution in [3.63, 3.8) is 0 Å². The van der Waals surface area contributed by atoms with Crippen molar-refractivity contribution in [2.75, 3.05) is 0 Å². The van der Waals surface area contributed by atoms with Crippen LogP contribution in [0.1, 0.15) is 66.2 Å². The molecule has 0 saturated carbocycles. The highest BCUT2D eigenvalue weighted by molar-refractivity contribution is 5.08. The molecule has 0 bridgehead atoms. The molecule has 0 aliphatic carbocycles. The Morgan fingerprint density at radius 1 is 0.679 bits per heavy atom. The summed E-state index contributed by atoms with van der Waals surface area (Å²) in [7, 11) is 0. The highest BCUT2D eigenvalue weighted by atomic mass is 19.4. The molecule has 0 unspecified atom stereocenters. The molecule has 28 heavy (non-hydrogen) atoms. The maximum absolute atomic E-state index is 13.3. The summed E-state index contributed by atoms with van der Waals surface area (Å²) in [6.07, 6.45) is -21.5. The molecule has 1 N–H and O–H groups in total. The quantitative estimate of drug-likeness (QED) is 0.499. The third kappa shape index (κ3) is 4.24. The SMILES string of the molecule is CCC1(CC)CC(OC(C(F)(F)F)(C(F)(F)F)C(F)(F)F)CC(CC)(CC)N1. The molecule has 1 fully saturated rings. The molecule has 0 aromatic heterocycles. The lowest BCUT2D eigenvalue weighted by atomic mass is 9.72. The first-order chi connectivity index (χ1) is 12.5. The van der Waals surface area contributed by atoms with Crippen molar-refractivity contribution in [2.24, 2.45) is 0 Å². The van der Waals surface area contributed by atoms with Crippen LogP contribution in [0.15, 0.2) is 0 Å². The molecule has 168 valence electrons. The highest BCUT2D eigenvalue weighted by Gasteiger charge is 2.86. The van der Waals surface area contributed by atoms with E-state index in [2.05, 4.69) is 10.1 Å². The average molecular weight is 431 g/mol. The number of rotatable bonds is 6. The molecule has 0 aromatic carbocycles. The Hall–Kier alpha value is -0.710. The zero-order valence-electron chi connectivity index (χ0n) is 16.1. The summed E-state index contributed by atoms with van der Waals surface area (Å²) >= 11 is 0. The summed E-state index contributed by atoms with van der Waals surface area (Å²) in [6.45, 7) is 6.72. The fourth-order valence-electron chi connectivity index (χ4n) is 4.06. The summed E-state index contributed by atoms with van der Waals surface area (Å²) in [5.74, 6) is 0. The van der Waals surface area contributed by atoms with E-state index in [-0.39, 0.29) is 12.8 Å². The van der Waals surface area contributed by atoms with E-state index in [0.29, 0.717) is 25.7 Å². The minimum Gasteiger partial charge on any atom is -0.348 e. The van der Waals surface area contributed by atoms with E-state index in [4.69, 9.17) is 0 Å². The number of alkyl halides is 9. The molecule has 0 aromatic rings. The van der Waals surface area contributed by atoms with E-state index in [0.717, 1.165) is 0 Å². The van der Waals surface area contributed by atoms with Crippen molar-refractivity contribution < 1.29 is 44.3 Å². The van der Waals surface area contributed by atoms with Crippen LogP contribution in [0.3, 0.4) is 0 Å². The standard InChI is InChI=1S/C17H26F9NO/c1-5-12(6-2)9-11(10-13(7-3,8-4)27-12)28-14(15(18,19)20,16(21,22)23)17(24,25)26/h11,27H,5-10H2,1-4H3. The lowest BCUT2D eigenvalue weighted by Crippen LogP contribution is -2.71. The monoisotopic (exact) mass is 431 g/mol. The maximum atomic E-state index is 13.3. The van der Waals surface area contributed by atoms with Gasteiger partial charge in [-0.2, -0.15) is 39.5 Å². The second-order valence-electron chi connectivity index (χ2n) is 7.42. The first-order valence-electron chi connectivity index (χ1n) is 9.16. The molecule has 1 aliphatic rings. The van der Waals surface area contributed by atoms with Gasteiger partial charge in [0.25, 0.3) is 0 Å². The molecule has 0 atom stereocenters. The van der Waals surface area contributed by atoms with Crippen molar-refractivity contribution >= 4 is 0 Å². The highest BCUT2D eigenvalue weighted by Crippen LogP contribution is 2.56. The first kappa shape index (κ1) is 25.3. The van der Waals surface area contributed by atoms with E-state index < -0.39 is 41.3 Å². The number of hydrogen-bond donors (Lipinski definition) is 1. The fourth-order valence-corrected chi connectivity index (χ4v) is 4.06. The van der Waals surface area contributed by atoms with Crippen LogP contribution in [0, 0.1) is 0 Å². The van der Waals surface area contributed by atoms with Gasteiger partial charge in [0, 0.05) is 11.1 Å². The zero-order chi connectivity index (χ0) is 22.2. The molecule has 2 nitrogen and oxygen atoms in total. The van der Waals surface area contributed by atoms with E-state index >= 15 is 0 Å². The van der Waals surface area contributed by atoms with Crippen LogP contribution in [0.2, 0.25) is 0 Å². The summed E-state index contributed by atoms with van der Waals surface area (Å²) in [4.78, 5) is 0. The minimum atomic E-state index is -6.71. The Morgan fingerprint density at radius 2 is 0.964 bits per heavy atom. The Morgan fingerprint density at radius 3 is 1.18 bits per heavy atom. The molecular weight excluding hydrogens is 405 g/mol. The largest absolute Gasteiger partial charge is 0.435 e. The minimum absolute atomic E-state index is 0.322. The van der Waals surface area contributed by atoms with Gasteiger partial charge in [-0.25, -0.2) is 0 Å². The van der Waals surface area contributed by atoms with Crippen LogP contribution in [-0.4, -0.2) is 41.3 Å². The van der Waals surface area contributed by atoms with E-state index in [1.807, 2.05) is 0 Å². The molecular formula is C17H26F9NO. The first-order valence-corrected chi connectivity index (χ1v) is 9.16. The fraction of sp³-hybridized carbons (Fsp3) is 1.00. The van der Waals surface area contributed by atoms with Crippen LogP contribution < -0.4 is 5.32 Å². The van der Waals surface area contributed by atoms with Gasteiger partial charge in [0.15, 0.2) is 0 Å². The van der Waals surface area contributed by atoms with Gasteiger partial charge in [-0.15, -0.1) is 0 Å². The zero-order valence-corrected chi connectivity index (χ0v) is 16.1. The molecule has 0 spiro atoms. The van der Waals surface area contributed by atoms with Crippen molar-refractivity contribution in [3.8, 4) is 0 Å². The smallest absolute Gasteiger partial charge is 0.348 e. The third-order valence-corrected chi connectivity index (χ3v) is 6.02. The van der Waals surface area contributed by atoms with Crippen LogP contribution in [0.4, 0.5) is 39.5 Å². The summed E-state index contributed by atoms with van der Waals surface area (Å²) in [5, 5.41) is 3.29. The second-order valence-corrected chi connectivity index (χ2v) is 7.42.